The third-order valence-corrected chi connectivity index (χ3v) is 4.40. The van der Waals surface area contributed by atoms with Crippen LogP contribution in [0.2, 0.25) is 0 Å². The normalized spacial score (nSPS) is 17.1. The van der Waals surface area contributed by atoms with Gasteiger partial charge >= 0.3 is 0 Å². The summed E-state index contributed by atoms with van der Waals surface area (Å²) in [5.74, 6) is 0.590. The van der Waals surface area contributed by atoms with E-state index in [4.69, 9.17) is 0 Å². The van der Waals surface area contributed by atoms with Gasteiger partial charge in [0.25, 0.3) is 0 Å². The molecule has 0 bridgehead atoms. The van der Waals surface area contributed by atoms with Gasteiger partial charge in [-0.2, -0.15) is 0 Å². The minimum atomic E-state index is -0.279. The van der Waals surface area contributed by atoms with Gasteiger partial charge < -0.3 is 15.1 Å². The molecule has 0 amide bonds. The lowest BCUT2D eigenvalue weighted by atomic mass is 9.75. The molecule has 1 aromatic heterocycles. The van der Waals surface area contributed by atoms with Crippen molar-refractivity contribution < 1.29 is 4.39 Å². The molecule has 1 saturated carbocycles. The third kappa shape index (κ3) is 2.94. The van der Waals surface area contributed by atoms with E-state index in [1.165, 1.54) is 25.5 Å². The van der Waals surface area contributed by atoms with Gasteiger partial charge in [0, 0.05) is 31.2 Å². The first-order chi connectivity index (χ1) is 9.48. The first-order valence-corrected chi connectivity index (χ1v) is 7.16. The van der Waals surface area contributed by atoms with E-state index in [0.29, 0.717) is 6.54 Å². The molecule has 0 saturated heterocycles. The maximum absolute atomic E-state index is 13.4. The van der Waals surface area contributed by atoms with Crippen molar-refractivity contribution in [3.05, 3.63) is 23.6 Å². The van der Waals surface area contributed by atoms with Crippen LogP contribution in [0.4, 0.5) is 10.2 Å². The molecule has 1 aliphatic rings. The summed E-state index contributed by atoms with van der Waals surface area (Å²) in [5.41, 5.74) is 1.14. The zero-order valence-electron chi connectivity index (χ0n) is 12.9. The van der Waals surface area contributed by atoms with Crippen molar-refractivity contribution in [2.45, 2.75) is 31.3 Å². The number of hydrogen-bond donors (Lipinski definition) is 1. The van der Waals surface area contributed by atoms with Gasteiger partial charge in [-0.05, 0) is 46.5 Å². The lowest BCUT2D eigenvalue weighted by Crippen LogP contribution is -2.57. The average molecular weight is 280 g/mol. The second-order valence-corrected chi connectivity index (χ2v) is 5.99. The highest BCUT2D eigenvalue weighted by Gasteiger charge is 2.40. The fourth-order valence-corrected chi connectivity index (χ4v) is 2.99. The highest BCUT2D eigenvalue weighted by molar-refractivity contribution is 5.47. The van der Waals surface area contributed by atoms with Crippen molar-refractivity contribution in [2.75, 3.05) is 39.6 Å². The third-order valence-electron chi connectivity index (χ3n) is 4.40. The predicted octanol–water partition coefficient (Wildman–Crippen LogP) is 1.86. The van der Waals surface area contributed by atoms with Gasteiger partial charge in [-0.1, -0.05) is 0 Å². The molecule has 0 unspecified atom stereocenters. The number of nitrogens with one attached hydrogen (secondary N) is 1. The molecule has 20 heavy (non-hydrogen) atoms. The average Bonchev–Trinajstić information content (AvgIpc) is 2.33. The zero-order chi connectivity index (χ0) is 14.8. The summed E-state index contributed by atoms with van der Waals surface area (Å²) >= 11 is 0. The Balaban J connectivity index is 2.18. The Bertz CT molecular complexity index is 457. The Morgan fingerprint density at radius 3 is 2.55 bits per heavy atom. The lowest BCUT2D eigenvalue weighted by Gasteiger charge is -2.49. The molecular formula is C15H25FN4. The summed E-state index contributed by atoms with van der Waals surface area (Å²) in [5, 5.41) is 3.08. The van der Waals surface area contributed by atoms with Crippen molar-refractivity contribution in [1.82, 2.24) is 15.2 Å². The quantitative estimate of drug-likeness (QED) is 0.862. The molecule has 1 fully saturated rings. The van der Waals surface area contributed by atoms with E-state index in [1.807, 2.05) is 14.1 Å². The molecule has 1 aromatic rings. The fourth-order valence-electron chi connectivity index (χ4n) is 2.99. The molecule has 1 aliphatic carbocycles. The maximum atomic E-state index is 13.4. The van der Waals surface area contributed by atoms with E-state index in [-0.39, 0.29) is 11.4 Å². The molecular weight excluding hydrogens is 255 g/mol. The molecule has 4 nitrogen and oxygen atoms in total. The summed E-state index contributed by atoms with van der Waals surface area (Å²) in [6.07, 6.45) is 5.01. The van der Waals surface area contributed by atoms with Crippen molar-refractivity contribution in [3.63, 3.8) is 0 Å². The van der Waals surface area contributed by atoms with Gasteiger partial charge in [-0.3, -0.25) is 0 Å². The van der Waals surface area contributed by atoms with Crippen molar-refractivity contribution in [2.24, 2.45) is 0 Å². The van der Waals surface area contributed by atoms with E-state index >= 15 is 0 Å². The smallest absolute Gasteiger partial charge is 0.141 e. The summed E-state index contributed by atoms with van der Waals surface area (Å²) in [6.45, 7) is 1.55. The standard InChI is InChI=1S/C15H25FN4/c1-17-9-12-8-13(16)10-18-14(12)20(4)11-15(19(2)3)6-5-7-15/h8,10,17H,5-7,9,11H2,1-4H3. The van der Waals surface area contributed by atoms with Crippen LogP contribution < -0.4 is 10.2 Å². The minimum absolute atomic E-state index is 0.238. The second-order valence-electron chi connectivity index (χ2n) is 5.99. The van der Waals surface area contributed by atoms with Gasteiger partial charge in [0.15, 0.2) is 0 Å². The van der Waals surface area contributed by atoms with Gasteiger partial charge in [0.05, 0.1) is 6.20 Å². The van der Waals surface area contributed by atoms with Crippen LogP contribution in [0.25, 0.3) is 0 Å². The number of likely N-dealkylation sites (N-methyl/N-ethyl adjacent to an activating group) is 2. The number of hydrogen-bond acceptors (Lipinski definition) is 4. The monoisotopic (exact) mass is 280 g/mol. The van der Waals surface area contributed by atoms with Crippen LogP contribution >= 0.6 is 0 Å². The van der Waals surface area contributed by atoms with E-state index in [9.17, 15) is 4.39 Å². The lowest BCUT2D eigenvalue weighted by molar-refractivity contribution is 0.0681. The molecule has 1 heterocycles. The van der Waals surface area contributed by atoms with Gasteiger partial charge in [-0.25, -0.2) is 9.37 Å². The largest absolute Gasteiger partial charge is 0.358 e. The van der Waals surface area contributed by atoms with Crippen LogP contribution in [0.1, 0.15) is 24.8 Å². The van der Waals surface area contributed by atoms with Gasteiger partial charge in [-0.15, -0.1) is 0 Å². The zero-order valence-corrected chi connectivity index (χ0v) is 12.9. The van der Waals surface area contributed by atoms with E-state index in [0.717, 1.165) is 17.9 Å². The first-order valence-electron chi connectivity index (χ1n) is 7.16. The number of anilines is 1. The summed E-state index contributed by atoms with van der Waals surface area (Å²) in [6, 6.07) is 1.57. The molecule has 5 heteroatoms. The Labute approximate surface area is 121 Å². The molecule has 0 spiro atoms. The van der Waals surface area contributed by atoms with E-state index < -0.39 is 0 Å². The van der Waals surface area contributed by atoms with Crippen LogP contribution in [-0.4, -0.2) is 50.2 Å². The van der Waals surface area contributed by atoms with Crippen molar-refractivity contribution >= 4 is 5.82 Å². The molecule has 2 rings (SSSR count). The highest BCUT2D eigenvalue weighted by Crippen LogP contribution is 2.37. The SMILES string of the molecule is CNCc1cc(F)cnc1N(C)CC1(N(C)C)CCC1. The van der Waals surface area contributed by atoms with Crippen LogP contribution in [0.5, 0.6) is 0 Å². The summed E-state index contributed by atoms with van der Waals surface area (Å²) < 4.78 is 13.4. The van der Waals surface area contributed by atoms with Crippen LogP contribution in [0, 0.1) is 5.82 Å². The van der Waals surface area contributed by atoms with Crippen molar-refractivity contribution in [3.8, 4) is 0 Å². The number of halogens is 1. The fraction of sp³-hybridized carbons (Fsp3) is 0.667. The van der Waals surface area contributed by atoms with Crippen LogP contribution in [0.3, 0.4) is 0 Å². The summed E-state index contributed by atoms with van der Waals surface area (Å²) in [7, 11) is 8.18. The Hall–Kier alpha value is -1.20. The topological polar surface area (TPSA) is 31.4 Å². The Morgan fingerprint density at radius 1 is 1.35 bits per heavy atom. The maximum Gasteiger partial charge on any atom is 0.141 e. The predicted molar refractivity (Wildman–Crippen MR) is 80.5 cm³/mol. The van der Waals surface area contributed by atoms with Crippen LogP contribution in [0.15, 0.2) is 12.3 Å². The highest BCUT2D eigenvalue weighted by atomic mass is 19.1. The van der Waals surface area contributed by atoms with Crippen LogP contribution in [-0.2, 0) is 6.54 Å². The first kappa shape index (κ1) is 15.2. The van der Waals surface area contributed by atoms with Crippen molar-refractivity contribution in [1.29, 1.82) is 0 Å². The molecule has 0 radical (unpaired) electrons. The molecule has 0 aliphatic heterocycles. The minimum Gasteiger partial charge on any atom is -0.358 e. The molecule has 112 valence electrons. The Kier molecular flexibility index (Phi) is 4.60. The van der Waals surface area contributed by atoms with E-state index in [1.54, 1.807) is 6.07 Å². The van der Waals surface area contributed by atoms with E-state index in [2.05, 4.69) is 34.2 Å². The number of nitrogens with zero attached hydrogens (tertiary/aromatic N) is 3. The molecule has 0 atom stereocenters. The molecule has 1 N–H and O–H groups in total. The summed E-state index contributed by atoms with van der Waals surface area (Å²) in [4.78, 5) is 8.76. The number of aromatic nitrogens is 1. The number of pyridine rings is 1. The van der Waals surface area contributed by atoms with Gasteiger partial charge in [0.2, 0.25) is 0 Å². The number of rotatable bonds is 6. The second kappa shape index (κ2) is 6.06. The van der Waals surface area contributed by atoms with Gasteiger partial charge in [0.1, 0.15) is 11.6 Å². The Morgan fingerprint density at radius 2 is 2.05 bits per heavy atom. The molecule has 0 aromatic carbocycles.